The number of thioether (sulfide) groups is 1. The molecule has 0 bridgehead atoms. The standard InChI is InChI=1S/C14H19N3OS2/c1-11-4-5-17(10-11)6-8-20-14-16-15-13(18-14)9-12-3-2-7-19-12/h2-3,7,11H,4-6,8-10H2,1H3/t11-/m1/s1. The lowest BCUT2D eigenvalue weighted by Gasteiger charge is -2.13. The summed E-state index contributed by atoms with van der Waals surface area (Å²) in [6, 6.07) is 4.14. The molecular weight excluding hydrogens is 290 g/mol. The summed E-state index contributed by atoms with van der Waals surface area (Å²) in [7, 11) is 0. The van der Waals surface area contributed by atoms with Gasteiger partial charge in [0.05, 0.1) is 6.42 Å². The van der Waals surface area contributed by atoms with Crippen LogP contribution in [-0.2, 0) is 6.42 Å². The molecule has 2 aromatic heterocycles. The smallest absolute Gasteiger partial charge is 0.276 e. The third kappa shape index (κ3) is 3.84. The van der Waals surface area contributed by atoms with Crippen LogP contribution in [-0.4, -0.2) is 40.5 Å². The lowest BCUT2D eigenvalue weighted by Crippen LogP contribution is -2.22. The van der Waals surface area contributed by atoms with Crippen LogP contribution in [0.25, 0.3) is 0 Å². The molecule has 1 saturated heterocycles. The largest absolute Gasteiger partial charge is 0.416 e. The molecule has 3 heterocycles. The van der Waals surface area contributed by atoms with Gasteiger partial charge in [0.2, 0.25) is 5.89 Å². The van der Waals surface area contributed by atoms with E-state index in [-0.39, 0.29) is 0 Å². The maximum Gasteiger partial charge on any atom is 0.276 e. The minimum Gasteiger partial charge on any atom is -0.416 e. The van der Waals surface area contributed by atoms with Crippen molar-refractivity contribution in [3.8, 4) is 0 Å². The second-order valence-corrected chi connectivity index (χ2v) is 7.34. The Balaban J connectivity index is 1.43. The van der Waals surface area contributed by atoms with Crippen molar-refractivity contribution in [1.29, 1.82) is 0 Å². The Morgan fingerprint density at radius 2 is 2.45 bits per heavy atom. The Labute approximate surface area is 127 Å². The van der Waals surface area contributed by atoms with Gasteiger partial charge >= 0.3 is 0 Å². The highest BCUT2D eigenvalue weighted by molar-refractivity contribution is 7.99. The van der Waals surface area contributed by atoms with Gasteiger partial charge < -0.3 is 9.32 Å². The van der Waals surface area contributed by atoms with E-state index in [1.54, 1.807) is 23.1 Å². The molecule has 0 amide bonds. The van der Waals surface area contributed by atoms with Gasteiger partial charge in [-0.05, 0) is 30.3 Å². The first-order valence-corrected chi connectivity index (χ1v) is 8.86. The van der Waals surface area contributed by atoms with Gasteiger partial charge in [-0.15, -0.1) is 21.5 Å². The van der Waals surface area contributed by atoms with Crippen molar-refractivity contribution in [2.45, 2.75) is 25.0 Å². The first kappa shape index (κ1) is 14.1. The van der Waals surface area contributed by atoms with Crippen LogP contribution in [0.1, 0.15) is 24.1 Å². The molecular formula is C14H19N3OS2. The normalized spacial score (nSPS) is 19.8. The zero-order valence-electron chi connectivity index (χ0n) is 11.6. The van der Waals surface area contributed by atoms with E-state index in [9.17, 15) is 0 Å². The summed E-state index contributed by atoms with van der Waals surface area (Å²) in [5, 5.41) is 11.0. The number of rotatable bonds is 6. The molecule has 1 aliphatic rings. The summed E-state index contributed by atoms with van der Waals surface area (Å²) in [4.78, 5) is 3.77. The van der Waals surface area contributed by atoms with E-state index in [2.05, 4.69) is 33.5 Å². The van der Waals surface area contributed by atoms with Crippen molar-refractivity contribution < 1.29 is 4.42 Å². The van der Waals surface area contributed by atoms with Crippen molar-refractivity contribution in [1.82, 2.24) is 15.1 Å². The fraction of sp³-hybridized carbons (Fsp3) is 0.571. The molecule has 20 heavy (non-hydrogen) atoms. The summed E-state index contributed by atoms with van der Waals surface area (Å²) in [6.45, 7) is 5.89. The van der Waals surface area contributed by atoms with Crippen LogP contribution in [0.3, 0.4) is 0 Å². The average molecular weight is 309 g/mol. The number of hydrogen-bond acceptors (Lipinski definition) is 6. The fourth-order valence-corrected chi connectivity index (χ4v) is 3.90. The zero-order chi connectivity index (χ0) is 13.8. The summed E-state index contributed by atoms with van der Waals surface area (Å²) in [5.74, 6) is 2.58. The van der Waals surface area contributed by atoms with Crippen LogP contribution in [0.2, 0.25) is 0 Å². The number of aromatic nitrogens is 2. The average Bonchev–Trinajstić information content (AvgIpc) is 3.14. The number of likely N-dealkylation sites (tertiary alicyclic amines) is 1. The van der Waals surface area contributed by atoms with Crippen LogP contribution in [0, 0.1) is 5.92 Å². The zero-order valence-corrected chi connectivity index (χ0v) is 13.3. The number of thiophene rings is 1. The Bertz CT molecular complexity index is 526. The molecule has 1 atom stereocenters. The highest BCUT2D eigenvalue weighted by Gasteiger charge is 2.18. The molecule has 3 rings (SSSR count). The molecule has 0 aliphatic carbocycles. The predicted molar refractivity (Wildman–Crippen MR) is 82.4 cm³/mol. The molecule has 0 unspecified atom stereocenters. The highest BCUT2D eigenvalue weighted by Crippen LogP contribution is 2.21. The monoisotopic (exact) mass is 309 g/mol. The van der Waals surface area contributed by atoms with Crippen molar-refractivity contribution in [2.75, 3.05) is 25.4 Å². The number of nitrogens with zero attached hydrogens (tertiary/aromatic N) is 3. The summed E-state index contributed by atoms with van der Waals surface area (Å²) in [5.41, 5.74) is 0. The topological polar surface area (TPSA) is 42.2 Å². The predicted octanol–water partition coefficient (Wildman–Crippen LogP) is 3.16. The van der Waals surface area contributed by atoms with E-state index in [1.807, 2.05) is 6.07 Å². The molecule has 0 saturated carbocycles. The molecule has 2 aromatic rings. The van der Waals surface area contributed by atoms with Gasteiger partial charge in [0.25, 0.3) is 5.22 Å². The van der Waals surface area contributed by atoms with Gasteiger partial charge in [-0.2, -0.15) is 0 Å². The first-order valence-electron chi connectivity index (χ1n) is 6.99. The van der Waals surface area contributed by atoms with Crippen LogP contribution < -0.4 is 0 Å². The van der Waals surface area contributed by atoms with Crippen molar-refractivity contribution in [3.05, 3.63) is 28.3 Å². The van der Waals surface area contributed by atoms with E-state index in [0.29, 0.717) is 11.1 Å². The van der Waals surface area contributed by atoms with Gasteiger partial charge in [0, 0.05) is 23.7 Å². The van der Waals surface area contributed by atoms with E-state index >= 15 is 0 Å². The van der Waals surface area contributed by atoms with Gasteiger partial charge in [0.1, 0.15) is 0 Å². The second-order valence-electron chi connectivity index (χ2n) is 5.26. The Morgan fingerprint density at radius 3 is 3.20 bits per heavy atom. The van der Waals surface area contributed by atoms with E-state index in [0.717, 1.165) is 24.6 Å². The minimum atomic E-state index is 0.698. The van der Waals surface area contributed by atoms with Crippen molar-refractivity contribution in [3.63, 3.8) is 0 Å². The Kier molecular flexibility index (Phi) is 4.75. The summed E-state index contributed by atoms with van der Waals surface area (Å²) < 4.78 is 5.67. The first-order chi connectivity index (χ1) is 9.79. The van der Waals surface area contributed by atoms with Gasteiger partial charge in [-0.1, -0.05) is 24.8 Å². The maximum absolute atomic E-state index is 5.67. The lowest BCUT2D eigenvalue weighted by atomic mass is 10.2. The van der Waals surface area contributed by atoms with Crippen molar-refractivity contribution in [2.24, 2.45) is 5.92 Å². The molecule has 0 aromatic carbocycles. The third-order valence-electron chi connectivity index (χ3n) is 3.49. The maximum atomic E-state index is 5.67. The van der Waals surface area contributed by atoms with Crippen LogP contribution in [0.4, 0.5) is 0 Å². The van der Waals surface area contributed by atoms with Crippen LogP contribution >= 0.6 is 23.1 Å². The third-order valence-corrected chi connectivity index (χ3v) is 5.17. The molecule has 0 spiro atoms. The van der Waals surface area contributed by atoms with E-state index in [4.69, 9.17) is 4.42 Å². The van der Waals surface area contributed by atoms with E-state index < -0.39 is 0 Å². The quantitative estimate of drug-likeness (QED) is 0.767. The Hall–Kier alpha value is -0.850. The molecule has 6 heteroatoms. The molecule has 0 radical (unpaired) electrons. The molecule has 4 nitrogen and oxygen atoms in total. The highest BCUT2D eigenvalue weighted by atomic mass is 32.2. The fourth-order valence-electron chi connectivity index (χ4n) is 2.42. The minimum absolute atomic E-state index is 0.698. The second kappa shape index (κ2) is 6.74. The molecule has 108 valence electrons. The van der Waals surface area contributed by atoms with Gasteiger partial charge in [-0.25, -0.2) is 0 Å². The molecule has 0 N–H and O–H groups in total. The van der Waals surface area contributed by atoms with Gasteiger partial charge in [-0.3, -0.25) is 0 Å². The Morgan fingerprint density at radius 1 is 1.50 bits per heavy atom. The van der Waals surface area contributed by atoms with Crippen LogP contribution in [0.5, 0.6) is 0 Å². The SMILES string of the molecule is C[C@@H]1CCN(CCSc2nnc(Cc3cccs3)o2)C1. The molecule has 1 aliphatic heterocycles. The van der Waals surface area contributed by atoms with Crippen molar-refractivity contribution >= 4 is 23.1 Å². The molecule has 1 fully saturated rings. The van der Waals surface area contributed by atoms with Crippen LogP contribution in [0.15, 0.2) is 27.2 Å². The summed E-state index contributed by atoms with van der Waals surface area (Å²) >= 11 is 3.38. The lowest BCUT2D eigenvalue weighted by molar-refractivity contribution is 0.348. The number of hydrogen-bond donors (Lipinski definition) is 0. The summed E-state index contributed by atoms with van der Waals surface area (Å²) in [6.07, 6.45) is 2.07. The van der Waals surface area contributed by atoms with E-state index in [1.165, 1.54) is 24.4 Å². The van der Waals surface area contributed by atoms with Gasteiger partial charge in [0.15, 0.2) is 0 Å².